The zero-order valence-corrected chi connectivity index (χ0v) is 10.6. The molecule has 1 aromatic heterocycles. The first kappa shape index (κ1) is 14.2. The smallest absolute Gasteiger partial charge is 0.323 e. The molecule has 1 aromatic carbocycles. The summed E-state index contributed by atoms with van der Waals surface area (Å²) in [5.74, 6) is -1.15. The van der Waals surface area contributed by atoms with Gasteiger partial charge in [-0.25, -0.2) is 4.98 Å². The number of nitro benzene ring substituents is 1. The summed E-state index contributed by atoms with van der Waals surface area (Å²) in [6, 6.07) is 5.24. The molecule has 0 amide bonds. The van der Waals surface area contributed by atoms with Gasteiger partial charge in [-0.1, -0.05) is 0 Å². The maximum absolute atomic E-state index is 11.9. The Kier molecular flexibility index (Phi) is 3.65. The van der Waals surface area contributed by atoms with Crippen LogP contribution in [-0.2, 0) is 11.3 Å². The van der Waals surface area contributed by atoms with Crippen LogP contribution >= 0.6 is 0 Å². The molecule has 0 spiro atoms. The number of nitro groups is 1. The molecule has 3 N–H and O–H groups in total. The summed E-state index contributed by atoms with van der Waals surface area (Å²) in [5.41, 5.74) is 4.82. The first-order valence-electron chi connectivity index (χ1n) is 5.72. The molecule has 0 aliphatic carbocycles. The number of aliphatic carboxylic acids is 1. The average molecular weight is 290 g/mol. The van der Waals surface area contributed by atoms with Crippen molar-refractivity contribution in [3.8, 4) is 11.4 Å². The Bertz CT molecular complexity index is 766. The van der Waals surface area contributed by atoms with E-state index in [4.69, 9.17) is 10.8 Å². The first-order valence-corrected chi connectivity index (χ1v) is 5.72. The van der Waals surface area contributed by atoms with Crippen molar-refractivity contribution in [2.45, 2.75) is 6.54 Å². The highest BCUT2D eigenvalue weighted by Crippen LogP contribution is 2.20. The molecule has 9 heteroatoms. The standard InChI is InChI=1S/C12H10N4O5/c13-9-5-14-11(15(12(9)19)6-10(17)18)7-1-3-8(4-2-7)16(20)21/h1-5H,6,13H2,(H,17,18). The van der Waals surface area contributed by atoms with Gasteiger partial charge in [0, 0.05) is 17.7 Å². The molecule has 2 rings (SSSR count). The van der Waals surface area contributed by atoms with Crippen molar-refractivity contribution in [2.24, 2.45) is 0 Å². The SMILES string of the molecule is Nc1cnc(-c2ccc([N+](=O)[O-])cc2)n(CC(=O)O)c1=O. The topological polar surface area (TPSA) is 141 Å². The van der Waals surface area contributed by atoms with Gasteiger partial charge in [-0.2, -0.15) is 0 Å². The van der Waals surface area contributed by atoms with Gasteiger partial charge in [0.25, 0.3) is 11.2 Å². The fourth-order valence-corrected chi connectivity index (χ4v) is 1.75. The summed E-state index contributed by atoms with van der Waals surface area (Å²) in [4.78, 5) is 36.7. The molecule has 21 heavy (non-hydrogen) atoms. The van der Waals surface area contributed by atoms with E-state index in [1.165, 1.54) is 24.3 Å². The van der Waals surface area contributed by atoms with Crippen molar-refractivity contribution in [3.05, 3.63) is 50.9 Å². The summed E-state index contributed by atoms with van der Waals surface area (Å²) in [7, 11) is 0. The molecule has 1 heterocycles. The van der Waals surface area contributed by atoms with E-state index in [0.29, 0.717) is 5.56 Å². The highest BCUT2D eigenvalue weighted by Gasteiger charge is 2.14. The van der Waals surface area contributed by atoms with Crippen molar-refractivity contribution < 1.29 is 14.8 Å². The Labute approximate surface area is 117 Å². The molecule has 0 saturated carbocycles. The van der Waals surface area contributed by atoms with E-state index in [1.54, 1.807) is 0 Å². The zero-order chi connectivity index (χ0) is 15.6. The number of carboxylic acids is 1. The van der Waals surface area contributed by atoms with Gasteiger partial charge in [-0.3, -0.25) is 24.3 Å². The van der Waals surface area contributed by atoms with Crippen molar-refractivity contribution in [1.29, 1.82) is 0 Å². The van der Waals surface area contributed by atoms with Crippen LogP contribution in [0.15, 0.2) is 35.3 Å². The number of carbonyl (C=O) groups is 1. The molecule has 0 atom stereocenters. The lowest BCUT2D eigenvalue weighted by molar-refractivity contribution is -0.384. The Morgan fingerprint density at radius 1 is 1.38 bits per heavy atom. The van der Waals surface area contributed by atoms with Gasteiger partial charge in [-0.05, 0) is 12.1 Å². The molecule has 0 aliphatic rings. The molecule has 0 unspecified atom stereocenters. The molecule has 108 valence electrons. The fraction of sp³-hybridized carbons (Fsp3) is 0.0833. The Morgan fingerprint density at radius 3 is 2.52 bits per heavy atom. The molecule has 0 aliphatic heterocycles. The van der Waals surface area contributed by atoms with E-state index >= 15 is 0 Å². The van der Waals surface area contributed by atoms with Gasteiger partial charge in [0.1, 0.15) is 18.1 Å². The van der Waals surface area contributed by atoms with E-state index < -0.39 is 23.0 Å². The summed E-state index contributed by atoms with van der Waals surface area (Å²) in [5, 5.41) is 19.5. The number of benzene rings is 1. The number of nitrogens with zero attached hydrogens (tertiary/aromatic N) is 3. The van der Waals surface area contributed by atoms with Gasteiger partial charge in [0.15, 0.2) is 0 Å². The molecule has 0 radical (unpaired) electrons. The average Bonchev–Trinajstić information content (AvgIpc) is 2.44. The highest BCUT2D eigenvalue weighted by atomic mass is 16.6. The summed E-state index contributed by atoms with van der Waals surface area (Å²) < 4.78 is 0.902. The van der Waals surface area contributed by atoms with Crippen molar-refractivity contribution >= 4 is 17.3 Å². The van der Waals surface area contributed by atoms with Crippen LogP contribution in [0, 0.1) is 10.1 Å². The predicted molar refractivity (Wildman–Crippen MR) is 72.6 cm³/mol. The van der Waals surface area contributed by atoms with Gasteiger partial charge in [0.2, 0.25) is 0 Å². The Morgan fingerprint density at radius 2 is 2.00 bits per heavy atom. The fourth-order valence-electron chi connectivity index (χ4n) is 1.75. The molecular weight excluding hydrogens is 280 g/mol. The lowest BCUT2D eigenvalue weighted by Crippen LogP contribution is -2.28. The molecule has 2 aromatic rings. The van der Waals surface area contributed by atoms with Crippen LogP contribution in [0.2, 0.25) is 0 Å². The van der Waals surface area contributed by atoms with Crippen LogP contribution in [-0.4, -0.2) is 25.6 Å². The molecule has 0 fully saturated rings. The number of non-ortho nitro benzene ring substituents is 1. The van der Waals surface area contributed by atoms with Gasteiger partial charge < -0.3 is 10.8 Å². The van der Waals surface area contributed by atoms with E-state index in [2.05, 4.69) is 4.98 Å². The maximum Gasteiger partial charge on any atom is 0.323 e. The number of nitrogens with two attached hydrogens (primary N) is 1. The number of carboxylic acid groups (broad SMARTS) is 1. The van der Waals surface area contributed by atoms with Crippen LogP contribution in [0.25, 0.3) is 11.4 Å². The number of nitrogen functional groups attached to an aromatic ring is 1. The number of aromatic nitrogens is 2. The van der Waals surface area contributed by atoms with Crippen LogP contribution < -0.4 is 11.3 Å². The monoisotopic (exact) mass is 290 g/mol. The van der Waals surface area contributed by atoms with Crippen LogP contribution in [0.3, 0.4) is 0 Å². The minimum atomic E-state index is -1.23. The van der Waals surface area contributed by atoms with Crippen molar-refractivity contribution in [1.82, 2.24) is 9.55 Å². The summed E-state index contributed by atoms with van der Waals surface area (Å²) in [6.45, 7) is -0.608. The van der Waals surface area contributed by atoms with Gasteiger partial charge >= 0.3 is 5.97 Å². The molecule has 0 bridgehead atoms. The Hall–Kier alpha value is -3.23. The minimum Gasteiger partial charge on any atom is -0.480 e. The molecular formula is C12H10N4O5. The third-order valence-electron chi connectivity index (χ3n) is 2.70. The van der Waals surface area contributed by atoms with Crippen LogP contribution in [0.1, 0.15) is 0 Å². The molecule has 9 nitrogen and oxygen atoms in total. The number of hydrogen-bond acceptors (Lipinski definition) is 6. The predicted octanol–water partition coefficient (Wildman–Crippen LogP) is 0.485. The minimum absolute atomic E-state index is 0.0755. The maximum atomic E-state index is 11.9. The second-order valence-electron chi connectivity index (χ2n) is 4.13. The number of anilines is 1. The number of hydrogen-bond donors (Lipinski definition) is 2. The second-order valence-corrected chi connectivity index (χ2v) is 4.13. The van der Waals surface area contributed by atoms with E-state index in [9.17, 15) is 19.7 Å². The summed E-state index contributed by atoms with van der Waals surface area (Å²) in [6.07, 6.45) is 1.12. The van der Waals surface area contributed by atoms with E-state index in [0.717, 1.165) is 10.8 Å². The third-order valence-corrected chi connectivity index (χ3v) is 2.70. The van der Waals surface area contributed by atoms with Crippen molar-refractivity contribution in [2.75, 3.05) is 5.73 Å². The van der Waals surface area contributed by atoms with Crippen LogP contribution in [0.4, 0.5) is 11.4 Å². The quantitative estimate of drug-likeness (QED) is 0.616. The largest absolute Gasteiger partial charge is 0.480 e. The third kappa shape index (κ3) is 2.86. The zero-order valence-electron chi connectivity index (χ0n) is 10.6. The second kappa shape index (κ2) is 5.41. The number of rotatable bonds is 4. The first-order chi connectivity index (χ1) is 9.90. The Balaban J connectivity index is 2.57. The molecule has 0 saturated heterocycles. The van der Waals surface area contributed by atoms with Gasteiger partial charge in [-0.15, -0.1) is 0 Å². The van der Waals surface area contributed by atoms with Crippen molar-refractivity contribution in [3.63, 3.8) is 0 Å². The normalized spacial score (nSPS) is 10.3. The summed E-state index contributed by atoms with van der Waals surface area (Å²) >= 11 is 0. The van der Waals surface area contributed by atoms with Gasteiger partial charge in [0.05, 0.1) is 11.1 Å². The van der Waals surface area contributed by atoms with E-state index in [-0.39, 0.29) is 17.2 Å². The lowest BCUT2D eigenvalue weighted by Gasteiger charge is -2.10. The van der Waals surface area contributed by atoms with E-state index in [1.807, 2.05) is 0 Å². The van der Waals surface area contributed by atoms with Crippen LogP contribution in [0.5, 0.6) is 0 Å². The lowest BCUT2D eigenvalue weighted by atomic mass is 10.2. The highest BCUT2D eigenvalue weighted by molar-refractivity contribution is 5.68.